The van der Waals surface area contributed by atoms with Gasteiger partial charge in [0.05, 0.1) is 13.2 Å². The molecule has 0 saturated carbocycles. The molecule has 1 aromatic rings. The third-order valence-corrected chi connectivity index (χ3v) is 3.45. The number of amides is 1. The van der Waals surface area contributed by atoms with Crippen molar-refractivity contribution in [2.45, 2.75) is 27.2 Å². The van der Waals surface area contributed by atoms with Crippen molar-refractivity contribution in [3.05, 3.63) is 23.8 Å². The van der Waals surface area contributed by atoms with Crippen LogP contribution in [0.3, 0.4) is 0 Å². The molecule has 0 aromatic heterocycles. The molecule has 0 aliphatic carbocycles. The van der Waals surface area contributed by atoms with E-state index in [1.807, 2.05) is 25.1 Å². The van der Waals surface area contributed by atoms with Crippen LogP contribution in [-0.2, 0) is 9.53 Å². The van der Waals surface area contributed by atoms with Crippen LogP contribution in [0.2, 0.25) is 0 Å². The third kappa shape index (κ3) is 3.47. The molecule has 4 heteroatoms. The number of nitrogens with one attached hydrogen (secondary N) is 2. The van der Waals surface area contributed by atoms with Crippen LogP contribution in [0.5, 0.6) is 0 Å². The lowest BCUT2D eigenvalue weighted by atomic mass is 9.88. The van der Waals surface area contributed by atoms with E-state index in [2.05, 4.69) is 24.5 Å². The van der Waals surface area contributed by atoms with Crippen molar-refractivity contribution in [1.29, 1.82) is 0 Å². The first-order chi connectivity index (χ1) is 9.02. The Morgan fingerprint density at radius 1 is 1.42 bits per heavy atom. The zero-order valence-electron chi connectivity index (χ0n) is 11.9. The number of hydrogen-bond donors (Lipinski definition) is 2. The molecular formula is C15H22N2O2. The second-order valence-electron chi connectivity index (χ2n) is 5.59. The minimum Gasteiger partial charge on any atom is -0.384 e. The Kier molecular flexibility index (Phi) is 4.10. The second-order valence-corrected chi connectivity index (χ2v) is 5.59. The highest BCUT2D eigenvalue weighted by Gasteiger charge is 2.33. The SMILES string of the molecule is CCC(=O)Nc1ccc(C)c(NCC2(C)COC2)c1. The van der Waals surface area contributed by atoms with Crippen LogP contribution in [-0.4, -0.2) is 25.7 Å². The van der Waals surface area contributed by atoms with E-state index >= 15 is 0 Å². The molecule has 1 aliphatic heterocycles. The molecule has 1 aliphatic rings. The van der Waals surface area contributed by atoms with Crippen LogP contribution < -0.4 is 10.6 Å². The number of benzene rings is 1. The van der Waals surface area contributed by atoms with E-state index in [-0.39, 0.29) is 11.3 Å². The first kappa shape index (κ1) is 13.9. The number of ether oxygens (including phenoxy) is 1. The van der Waals surface area contributed by atoms with Crippen LogP contribution in [0.15, 0.2) is 18.2 Å². The summed E-state index contributed by atoms with van der Waals surface area (Å²) >= 11 is 0. The van der Waals surface area contributed by atoms with Gasteiger partial charge in [-0.3, -0.25) is 4.79 Å². The van der Waals surface area contributed by atoms with Crippen LogP contribution in [0.1, 0.15) is 25.8 Å². The van der Waals surface area contributed by atoms with E-state index < -0.39 is 0 Å². The summed E-state index contributed by atoms with van der Waals surface area (Å²) in [4.78, 5) is 11.4. The van der Waals surface area contributed by atoms with E-state index in [1.54, 1.807) is 0 Å². The smallest absolute Gasteiger partial charge is 0.224 e. The number of hydrogen-bond acceptors (Lipinski definition) is 3. The normalized spacial score (nSPS) is 16.6. The largest absolute Gasteiger partial charge is 0.384 e. The van der Waals surface area contributed by atoms with Gasteiger partial charge in [0.1, 0.15) is 0 Å². The van der Waals surface area contributed by atoms with Gasteiger partial charge >= 0.3 is 0 Å². The van der Waals surface area contributed by atoms with Gasteiger partial charge in [0.25, 0.3) is 0 Å². The molecule has 1 saturated heterocycles. The summed E-state index contributed by atoms with van der Waals surface area (Å²) in [5.41, 5.74) is 3.32. The summed E-state index contributed by atoms with van der Waals surface area (Å²) in [6.45, 7) is 8.63. The number of aryl methyl sites for hydroxylation is 1. The van der Waals surface area contributed by atoms with Gasteiger partial charge in [0, 0.05) is 29.8 Å². The molecule has 4 nitrogen and oxygen atoms in total. The Labute approximate surface area is 114 Å². The predicted octanol–water partition coefficient (Wildman–Crippen LogP) is 2.79. The maximum Gasteiger partial charge on any atom is 0.224 e. The monoisotopic (exact) mass is 262 g/mol. The van der Waals surface area contributed by atoms with Gasteiger partial charge in [-0.15, -0.1) is 0 Å². The van der Waals surface area contributed by atoms with Crippen LogP contribution in [0.25, 0.3) is 0 Å². The zero-order chi connectivity index (χ0) is 13.9. The van der Waals surface area contributed by atoms with Crippen molar-refractivity contribution in [3.63, 3.8) is 0 Å². The second kappa shape index (κ2) is 5.61. The molecule has 0 radical (unpaired) electrons. The number of carbonyl (C=O) groups excluding carboxylic acids is 1. The Morgan fingerprint density at radius 3 is 2.74 bits per heavy atom. The van der Waals surface area contributed by atoms with Gasteiger partial charge in [0.15, 0.2) is 0 Å². The highest BCUT2D eigenvalue weighted by Crippen LogP contribution is 2.28. The van der Waals surface area contributed by atoms with Crippen LogP contribution in [0, 0.1) is 12.3 Å². The highest BCUT2D eigenvalue weighted by molar-refractivity contribution is 5.91. The van der Waals surface area contributed by atoms with Crippen molar-refractivity contribution in [1.82, 2.24) is 0 Å². The van der Waals surface area contributed by atoms with Crippen molar-refractivity contribution in [3.8, 4) is 0 Å². The summed E-state index contributed by atoms with van der Waals surface area (Å²) in [6, 6.07) is 5.95. The van der Waals surface area contributed by atoms with E-state index in [1.165, 1.54) is 5.56 Å². The Balaban J connectivity index is 2.02. The fourth-order valence-electron chi connectivity index (χ4n) is 2.00. The predicted molar refractivity (Wildman–Crippen MR) is 77.5 cm³/mol. The van der Waals surface area contributed by atoms with Crippen molar-refractivity contribution < 1.29 is 9.53 Å². The quantitative estimate of drug-likeness (QED) is 0.858. The average molecular weight is 262 g/mol. The minimum atomic E-state index is 0.0363. The fourth-order valence-corrected chi connectivity index (χ4v) is 2.00. The molecule has 104 valence electrons. The standard InChI is InChI=1S/C15H22N2O2/c1-4-14(18)17-12-6-5-11(2)13(7-12)16-8-15(3)9-19-10-15/h5-7,16H,4,8-10H2,1-3H3,(H,17,18). The lowest BCUT2D eigenvalue weighted by Crippen LogP contribution is -2.45. The average Bonchev–Trinajstić information content (AvgIpc) is 2.37. The van der Waals surface area contributed by atoms with Crippen molar-refractivity contribution in [2.24, 2.45) is 5.41 Å². The summed E-state index contributed by atoms with van der Waals surface area (Å²) in [5.74, 6) is 0.0363. The summed E-state index contributed by atoms with van der Waals surface area (Å²) in [6.07, 6.45) is 0.492. The fraction of sp³-hybridized carbons (Fsp3) is 0.533. The zero-order valence-corrected chi connectivity index (χ0v) is 11.9. The Hall–Kier alpha value is -1.55. The van der Waals surface area contributed by atoms with E-state index in [9.17, 15) is 4.79 Å². The molecule has 1 heterocycles. The molecule has 1 fully saturated rings. The molecule has 19 heavy (non-hydrogen) atoms. The topological polar surface area (TPSA) is 50.4 Å². The number of carbonyl (C=O) groups is 1. The maximum absolute atomic E-state index is 11.4. The van der Waals surface area contributed by atoms with E-state index in [0.29, 0.717) is 6.42 Å². The molecule has 2 N–H and O–H groups in total. The Morgan fingerprint density at radius 2 is 2.16 bits per heavy atom. The van der Waals surface area contributed by atoms with E-state index in [4.69, 9.17) is 4.74 Å². The molecule has 0 bridgehead atoms. The molecule has 1 amide bonds. The number of anilines is 2. The lowest BCUT2D eigenvalue weighted by molar-refractivity contribution is -0.115. The number of rotatable bonds is 5. The molecule has 2 rings (SSSR count). The van der Waals surface area contributed by atoms with Gasteiger partial charge in [-0.2, -0.15) is 0 Å². The third-order valence-electron chi connectivity index (χ3n) is 3.45. The molecule has 0 unspecified atom stereocenters. The molecular weight excluding hydrogens is 240 g/mol. The molecule has 1 aromatic carbocycles. The summed E-state index contributed by atoms with van der Waals surface area (Å²) in [7, 11) is 0. The highest BCUT2D eigenvalue weighted by atomic mass is 16.5. The molecule has 0 spiro atoms. The van der Waals surface area contributed by atoms with Gasteiger partial charge in [0.2, 0.25) is 5.91 Å². The van der Waals surface area contributed by atoms with Gasteiger partial charge in [-0.1, -0.05) is 19.9 Å². The van der Waals surface area contributed by atoms with Gasteiger partial charge in [-0.25, -0.2) is 0 Å². The van der Waals surface area contributed by atoms with Crippen LogP contribution >= 0.6 is 0 Å². The first-order valence-corrected chi connectivity index (χ1v) is 6.74. The molecule has 0 atom stereocenters. The Bertz CT molecular complexity index is 467. The van der Waals surface area contributed by atoms with Gasteiger partial charge in [-0.05, 0) is 24.6 Å². The van der Waals surface area contributed by atoms with Crippen molar-refractivity contribution >= 4 is 17.3 Å². The lowest BCUT2D eigenvalue weighted by Gasteiger charge is -2.38. The van der Waals surface area contributed by atoms with Crippen molar-refractivity contribution in [2.75, 3.05) is 30.4 Å². The maximum atomic E-state index is 11.4. The van der Waals surface area contributed by atoms with Crippen LogP contribution in [0.4, 0.5) is 11.4 Å². The summed E-state index contributed by atoms with van der Waals surface area (Å²) < 4.78 is 5.25. The summed E-state index contributed by atoms with van der Waals surface area (Å²) in [5, 5.41) is 6.34. The van der Waals surface area contributed by atoms with Gasteiger partial charge < -0.3 is 15.4 Å². The van der Waals surface area contributed by atoms with E-state index in [0.717, 1.165) is 31.1 Å². The first-order valence-electron chi connectivity index (χ1n) is 6.74. The minimum absolute atomic E-state index is 0.0363.